The highest BCUT2D eigenvalue weighted by Gasteiger charge is 2.40. The highest BCUT2D eigenvalue weighted by Crippen LogP contribution is 2.44. The molecule has 1 aromatic heterocycles. The van der Waals surface area contributed by atoms with Crippen LogP contribution in [0.15, 0.2) is 17.1 Å². The van der Waals surface area contributed by atoms with Gasteiger partial charge in [-0.1, -0.05) is 0 Å². The number of nitrogens with zero attached hydrogens (tertiary/aromatic N) is 2. The number of benzene rings is 1. The number of fused-ring (bicyclic) bond motifs is 2. The number of anilines is 1. The Bertz CT molecular complexity index is 1510. The van der Waals surface area contributed by atoms with Gasteiger partial charge in [0.1, 0.15) is 17.3 Å². The summed E-state index contributed by atoms with van der Waals surface area (Å²) in [5.41, 5.74) is -0.218. The fourth-order valence-electron chi connectivity index (χ4n) is 6.20. The van der Waals surface area contributed by atoms with E-state index in [1.807, 2.05) is 4.90 Å². The van der Waals surface area contributed by atoms with Crippen molar-refractivity contribution in [3.8, 4) is 30.4 Å². The molecule has 0 spiro atoms. The SMILES string of the molecule is C#CCC(CC#C)COC(=O)OC(C)OC(=O)c1cn(C2CC2)c2c(OC)c(N3CC4CCC[NH2+]C4C3)c(F)cc2c1=O. The largest absolute Gasteiger partial charge is 0.511 e. The van der Waals surface area contributed by atoms with E-state index in [2.05, 4.69) is 17.2 Å². The molecule has 2 aromatic rings. The number of hydrogen-bond donors (Lipinski definition) is 1. The molecule has 228 valence electrons. The lowest BCUT2D eigenvalue weighted by Gasteiger charge is -2.24. The minimum Gasteiger partial charge on any atom is -0.492 e. The molecule has 0 bridgehead atoms. The van der Waals surface area contributed by atoms with Gasteiger partial charge in [0, 0.05) is 50.4 Å². The Kier molecular flexibility index (Phi) is 9.12. The lowest BCUT2D eigenvalue weighted by molar-refractivity contribution is -0.699. The normalized spacial score (nSPS) is 20.2. The fourth-order valence-corrected chi connectivity index (χ4v) is 6.20. The summed E-state index contributed by atoms with van der Waals surface area (Å²) in [4.78, 5) is 40.9. The molecule has 5 rings (SSSR count). The molecule has 1 aromatic carbocycles. The van der Waals surface area contributed by atoms with Crippen LogP contribution in [0.1, 0.15) is 61.8 Å². The summed E-state index contributed by atoms with van der Waals surface area (Å²) in [5.74, 6) is 3.86. The first-order valence-corrected chi connectivity index (χ1v) is 14.7. The lowest BCUT2D eigenvalue weighted by atomic mass is 9.94. The summed E-state index contributed by atoms with van der Waals surface area (Å²) >= 11 is 0. The maximum absolute atomic E-state index is 15.8. The number of pyridine rings is 1. The number of carbonyl (C=O) groups is 2. The van der Waals surface area contributed by atoms with Crippen LogP contribution in [0.3, 0.4) is 0 Å². The third-order valence-electron chi connectivity index (χ3n) is 8.40. The molecule has 3 unspecified atom stereocenters. The number of piperidine rings is 1. The minimum absolute atomic E-state index is 0.0129. The van der Waals surface area contributed by atoms with Gasteiger partial charge in [-0.25, -0.2) is 14.0 Å². The van der Waals surface area contributed by atoms with Gasteiger partial charge in [0.2, 0.25) is 11.7 Å². The Morgan fingerprint density at radius 3 is 2.56 bits per heavy atom. The van der Waals surface area contributed by atoms with Crippen molar-refractivity contribution in [3.63, 3.8) is 0 Å². The van der Waals surface area contributed by atoms with Crippen LogP contribution in [0.25, 0.3) is 10.9 Å². The van der Waals surface area contributed by atoms with Gasteiger partial charge in [0.25, 0.3) is 0 Å². The molecule has 0 amide bonds. The van der Waals surface area contributed by atoms with Crippen LogP contribution < -0.4 is 20.4 Å². The van der Waals surface area contributed by atoms with Gasteiger partial charge >= 0.3 is 12.1 Å². The summed E-state index contributed by atoms with van der Waals surface area (Å²) in [6.07, 6.45) is 14.2. The van der Waals surface area contributed by atoms with E-state index in [0.717, 1.165) is 32.2 Å². The van der Waals surface area contributed by atoms with Crippen molar-refractivity contribution in [2.45, 2.75) is 63.8 Å². The molecule has 2 aliphatic heterocycles. The molecule has 10 nitrogen and oxygen atoms in total. The molecule has 3 heterocycles. The van der Waals surface area contributed by atoms with E-state index in [9.17, 15) is 14.4 Å². The molecular formula is C32H37FN3O7+. The second kappa shape index (κ2) is 13.0. The van der Waals surface area contributed by atoms with E-state index in [0.29, 0.717) is 49.1 Å². The number of nitrogens with two attached hydrogens (primary N) is 1. The summed E-state index contributed by atoms with van der Waals surface area (Å²) < 4.78 is 38.8. The van der Waals surface area contributed by atoms with Crippen LogP contribution in [0.5, 0.6) is 5.75 Å². The Morgan fingerprint density at radius 1 is 1.16 bits per heavy atom. The minimum atomic E-state index is -1.37. The number of rotatable bonds is 10. The van der Waals surface area contributed by atoms with E-state index in [4.69, 9.17) is 31.8 Å². The van der Waals surface area contributed by atoms with E-state index in [-0.39, 0.29) is 35.3 Å². The van der Waals surface area contributed by atoms with E-state index >= 15 is 4.39 Å². The van der Waals surface area contributed by atoms with E-state index in [1.54, 1.807) is 4.57 Å². The summed E-state index contributed by atoms with van der Waals surface area (Å²) in [6.45, 7) is 3.73. The van der Waals surface area contributed by atoms with Crippen molar-refractivity contribution < 1.29 is 38.2 Å². The number of ether oxygens (including phenoxy) is 4. The van der Waals surface area contributed by atoms with Gasteiger partial charge in [-0.2, -0.15) is 0 Å². The van der Waals surface area contributed by atoms with Gasteiger partial charge < -0.3 is 33.7 Å². The predicted molar refractivity (Wildman–Crippen MR) is 156 cm³/mol. The number of quaternary nitrogens is 1. The van der Waals surface area contributed by atoms with Gasteiger partial charge in [-0.3, -0.25) is 4.79 Å². The number of aromatic nitrogens is 1. The Balaban J connectivity index is 1.39. The number of halogens is 1. The molecule has 3 aliphatic rings. The highest BCUT2D eigenvalue weighted by molar-refractivity contribution is 5.98. The Hall–Kier alpha value is -4.22. The molecule has 2 N–H and O–H groups in total. The maximum atomic E-state index is 15.8. The topological polar surface area (TPSA) is 113 Å². The molecule has 43 heavy (non-hydrogen) atoms. The number of hydrogen-bond acceptors (Lipinski definition) is 8. The first-order valence-electron chi connectivity index (χ1n) is 14.7. The van der Waals surface area contributed by atoms with Crippen molar-refractivity contribution in [2.24, 2.45) is 11.8 Å². The van der Waals surface area contributed by atoms with Crippen LogP contribution >= 0.6 is 0 Å². The number of esters is 1. The third-order valence-corrected chi connectivity index (χ3v) is 8.40. The molecule has 1 aliphatic carbocycles. The fraction of sp³-hybridized carbons (Fsp3) is 0.531. The lowest BCUT2D eigenvalue weighted by Crippen LogP contribution is -2.93. The molecule has 3 fully saturated rings. The average molecular weight is 595 g/mol. The van der Waals surface area contributed by atoms with Crippen molar-refractivity contribution in [1.82, 2.24) is 4.57 Å². The quantitative estimate of drug-likeness (QED) is 0.254. The van der Waals surface area contributed by atoms with E-state index in [1.165, 1.54) is 26.3 Å². The smallest absolute Gasteiger partial charge is 0.492 e. The molecule has 2 saturated heterocycles. The van der Waals surface area contributed by atoms with E-state index < -0.39 is 29.7 Å². The molecule has 11 heteroatoms. The number of methoxy groups -OCH3 is 1. The standard InChI is InChI=1S/C32H36FN3O7/c1-5-8-20(9-6-2)18-41-32(39)43-19(3)42-31(38)24-16-36(22-11-12-22)27-23(29(24)37)14-25(33)28(30(27)40-4)35-15-21-10-7-13-34-26(21)17-35/h1-2,14,16,19-22,26,34H,7-13,15,17-18H2,3-4H3/p+1. The zero-order chi connectivity index (χ0) is 30.7. The van der Waals surface area contributed by atoms with Crippen LogP contribution in [0.2, 0.25) is 0 Å². The molecule has 0 radical (unpaired) electrons. The number of carbonyl (C=O) groups excluding carboxylic acids is 2. The Morgan fingerprint density at radius 2 is 1.91 bits per heavy atom. The third kappa shape index (κ3) is 6.42. The van der Waals surface area contributed by atoms with Crippen LogP contribution in [0, 0.1) is 42.3 Å². The van der Waals surface area contributed by atoms with Gasteiger partial charge in [-0.15, -0.1) is 24.7 Å². The van der Waals surface area contributed by atoms with Crippen molar-refractivity contribution in [1.29, 1.82) is 0 Å². The van der Waals surface area contributed by atoms with Crippen LogP contribution in [-0.2, 0) is 14.2 Å². The second-order valence-corrected chi connectivity index (χ2v) is 11.5. The monoisotopic (exact) mass is 594 g/mol. The summed E-state index contributed by atoms with van der Waals surface area (Å²) in [5, 5.41) is 2.35. The van der Waals surface area contributed by atoms with Crippen molar-refractivity contribution in [2.75, 3.05) is 38.3 Å². The maximum Gasteiger partial charge on any atom is 0.511 e. The van der Waals surface area contributed by atoms with Crippen LogP contribution in [0.4, 0.5) is 14.9 Å². The highest BCUT2D eigenvalue weighted by atomic mass is 19.1. The first kappa shape index (κ1) is 30.2. The zero-order valence-electron chi connectivity index (χ0n) is 24.5. The van der Waals surface area contributed by atoms with Crippen LogP contribution in [-0.4, -0.2) is 62.4 Å². The molecular weight excluding hydrogens is 557 g/mol. The first-order chi connectivity index (χ1) is 20.7. The summed E-state index contributed by atoms with van der Waals surface area (Å²) in [6, 6.07) is 1.60. The average Bonchev–Trinajstić information content (AvgIpc) is 3.73. The van der Waals surface area contributed by atoms with Gasteiger partial charge in [0.15, 0.2) is 11.6 Å². The predicted octanol–water partition coefficient (Wildman–Crippen LogP) is 2.96. The van der Waals surface area contributed by atoms with Gasteiger partial charge in [0.05, 0.1) is 37.7 Å². The number of terminal acetylenes is 2. The Labute approximate surface area is 249 Å². The van der Waals surface area contributed by atoms with Crippen molar-refractivity contribution in [3.05, 3.63) is 33.9 Å². The second-order valence-electron chi connectivity index (χ2n) is 11.5. The molecule has 3 atom stereocenters. The zero-order valence-corrected chi connectivity index (χ0v) is 24.5. The summed E-state index contributed by atoms with van der Waals surface area (Å²) in [7, 11) is 1.47. The molecule has 1 saturated carbocycles. The van der Waals surface area contributed by atoms with Gasteiger partial charge in [-0.05, 0) is 31.7 Å². The van der Waals surface area contributed by atoms with Crippen molar-refractivity contribution >= 4 is 28.7 Å².